The molecule has 0 aromatic carbocycles. The third-order valence-corrected chi connectivity index (χ3v) is 5.01. The lowest BCUT2D eigenvalue weighted by Gasteiger charge is -2.31. The fourth-order valence-corrected chi connectivity index (χ4v) is 3.25. The molecular weight excluding hydrogens is 290 g/mol. The maximum atomic E-state index is 12.2. The van der Waals surface area contributed by atoms with E-state index in [0.717, 1.165) is 17.8 Å². The number of aryl methyl sites for hydroxylation is 1. The average molecular weight is 311 g/mol. The number of hydrogen-bond donors (Lipinski definition) is 2. The molecule has 1 aliphatic rings. The van der Waals surface area contributed by atoms with Gasteiger partial charge in [0.15, 0.2) is 0 Å². The highest BCUT2D eigenvalue weighted by Crippen LogP contribution is 2.21. The Kier molecular flexibility index (Phi) is 5.17. The summed E-state index contributed by atoms with van der Waals surface area (Å²) in [4.78, 5) is 30.4. The number of nitrogens with zero attached hydrogens (tertiary/aromatic N) is 2. The van der Waals surface area contributed by atoms with E-state index in [0.29, 0.717) is 13.0 Å². The van der Waals surface area contributed by atoms with Gasteiger partial charge in [0, 0.05) is 24.2 Å². The van der Waals surface area contributed by atoms with E-state index in [4.69, 9.17) is 5.11 Å². The van der Waals surface area contributed by atoms with Crippen LogP contribution in [-0.2, 0) is 11.2 Å². The zero-order valence-corrected chi connectivity index (χ0v) is 13.2. The Morgan fingerprint density at radius 3 is 3.00 bits per heavy atom. The Hall–Kier alpha value is -1.63. The quantitative estimate of drug-likeness (QED) is 0.893. The molecule has 116 valence electrons. The molecule has 0 saturated carbocycles. The second-order valence-corrected chi connectivity index (χ2v) is 6.46. The second-order valence-electron chi connectivity index (χ2n) is 5.31. The van der Waals surface area contributed by atoms with E-state index < -0.39 is 11.9 Å². The fraction of sp³-hybridized carbons (Fsp3) is 0.643. The fourth-order valence-electron chi connectivity index (χ4n) is 2.39. The van der Waals surface area contributed by atoms with Crippen molar-refractivity contribution in [3.05, 3.63) is 16.1 Å². The van der Waals surface area contributed by atoms with E-state index in [2.05, 4.69) is 17.2 Å². The van der Waals surface area contributed by atoms with Crippen LogP contribution in [-0.4, -0.2) is 40.1 Å². The number of aromatic nitrogens is 1. The minimum Gasteiger partial charge on any atom is -0.481 e. The van der Waals surface area contributed by atoms with E-state index in [1.807, 2.05) is 13.1 Å². The first-order chi connectivity index (χ1) is 10.0. The van der Waals surface area contributed by atoms with Gasteiger partial charge in [-0.25, -0.2) is 9.78 Å². The summed E-state index contributed by atoms with van der Waals surface area (Å²) in [5.74, 6) is -1.28. The van der Waals surface area contributed by atoms with Crippen LogP contribution in [0.5, 0.6) is 0 Å². The van der Waals surface area contributed by atoms with Gasteiger partial charge in [-0.1, -0.05) is 6.92 Å². The Morgan fingerprint density at radius 2 is 2.38 bits per heavy atom. The van der Waals surface area contributed by atoms with E-state index >= 15 is 0 Å². The molecule has 1 aromatic rings. The molecule has 2 unspecified atom stereocenters. The van der Waals surface area contributed by atoms with Crippen LogP contribution in [0.4, 0.5) is 4.79 Å². The lowest BCUT2D eigenvalue weighted by atomic mass is 9.99. The molecule has 1 saturated heterocycles. The van der Waals surface area contributed by atoms with Gasteiger partial charge >= 0.3 is 12.0 Å². The molecule has 2 atom stereocenters. The third-order valence-electron chi connectivity index (χ3n) is 3.69. The smallest absolute Gasteiger partial charge is 0.317 e. The van der Waals surface area contributed by atoms with Crippen LogP contribution < -0.4 is 5.32 Å². The number of piperidine rings is 1. The summed E-state index contributed by atoms with van der Waals surface area (Å²) in [5.41, 5.74) is 0. The topological polar surface area (TPSA) is 82.5 Å². The highest BCUT2D eigenvalue weighted by atomic mass is 32.1. The number of nitrogens with one attached hydrogen (secondary N) is 1. The van der Waals surface area contributed by atoms with Crippen molar-refractivity contribution < 1.29 is 14.7 Å². The van der Waals surface area contributed by atoms with Crippen LogP contribution in [0.25, 0.3) is 0 Å². The average Bonchev–Trinajstić information content (AvgIpc) is 2.96. The summed E-state index contributed by atoms with van der Waals surface area (Å²) >= 11 is 1.60. The molecule has 0 spiro atoms. The number of carboxylic acid groups (broad SMARTS) is 1. The molecular formula is C14H21N3O3S. The first-order valence-electron chi connectivity index (χ1n) is 7.24. The van der Waals surface area contributed by atoms with Crippen LogP contribution >= 0.6 is 11.3 Å². The number of likely N-dealkylation sites (tertiary alicyclic amines) is 1. The number of aliphatic carboxylic acids is 1. The van der Waals surface area contributed by atoms with Gasteiger partial charge in [0.05, 0.1) is 12.0 Å². The van der Waals surface area contributed by atoms with Crippen molar-refractivity contribution in [3.8, 4) is 0 Å². The predicted molar refractivity (Wildman–Crippen MR) is 80.4 cm³/mol. The number of carbonyl (C=O) groups is 2. The van der Waals surface area contributed by atoms with Gasteiger partial charge in [0.2, 0.25) is 0 Å². The lowest BCUT2D eigenvalue weighted by molar-refractivity contribution is -0.143. The maximum absolute atomic E-state index is 12.2. The number of amides is 2. The Bertz CT molecular complexity index is 517. The molecule has 2 amide bonds. The Morgan fingerprint density at radius 1 is 1.62 bits per heavy atom. The zero-order chi connectivity index (χ0) is 15.4. The molecule has 2 rings (SSSR count). The van der Waals surface area contributed by atoms with Gasteiger partial charge in [0.25, 0.3) is 0 Å². The summed E-state index contributed by atoms with van der Waals surface area (Å²) in [6, 6.07) is -0.366. The molecule has 21 heavy (non-hydrogen) atoms. The van der Waals surface area contributed by atoms with Crippen molar-refractivity contribution in [1.82, 2.24) is 15.2 Å². The summed E-state index contributed by atoms with van der Waals surface area (Å²) in [6.07, 6.45) is 4.14. The van der Waals surface area contributed by atoms with Crippen LogP contribution in [0, 0.1) is 5.92 Å². The van der Waals surface area contributed by atoms with Crippen molar-refractivity contribution in [3.63, 3.8) is 0 Å². The van der Waals surface area contributed by atoms with E-state index in [-0.39, 0.29) is 18.6 Å². The van der Waals surface area contributed by atoms with Crippen molar-refractivity contribution in [2.24, 2.45) is 5.92 Å². The van der Waals surface area contributed by atoms with E-state index in [9.17, 15) is 9.59 Å². The molecule has 2 heterocycles. The largest absolute Gasteiger partial charge is 0.481 e. The number of hydrogen-bond acceptors (Lipinski definition) is 4. The Labute approximate surface area is 128 Å². The molecule has 0 bridgehead atoms. The number of thiazole rings is 1. The van der Waals surface area contributed by atoms with Gasteiger partial charge in [0.1, 0.15) is 5.01 Å². The van der Waals surface area contributed by atoms with Crippen molar-refractivity contribution in [1.29, 1.82) is 0 Å². The third kappa shape index (κ3) is 3.93. The lowest BCUT2D eigenvalue weighted by Crippen LogP contribution is -2.47. The molecule has 2 N–H and O–H groups in total. The molecule has 0 aliphatic carbocycles. The monoisotopic (exact) mass is 311 g/mol. The number of rotatable bonds is 4. The highest BCUT2D eigenvalue weighted by molar-refractivity contribution is 7.11. The molecule has 6 nitrogen and oxygen atoms in total. The Balaban J connectivity index is 1.92. The summed E-state index contributed by atoms with van der Waals surface area (Å²) in [7, 11) is 0. The van der Waals surface area contributed by atoms with E-state index in [1.165, 1.54) is 4.88 Å². The van der Waals surface area contributed by atoms with Crippen molar-refractivity contribution >= 4 is 23.3 Å². The number of carbonyl (C=O) groups excluding carboxylic acids is 1. The molecule has 1 aromatic heterocycles. The molecule has 1 fully saturated rings. The van der Waals surface area contributed by atoms with Crippen molar-refractivity contribution in [2.45, 2.75) is 39.2 Å². The molecule has 0 radical (unpaired) electrons. The predicted octanol–water partition coefficient (Wildman–Crippen LogP) is 2.27. The SMILES string of the molecule is CCc1cnc(C(C)NC(=O)N2CCCC(C(=O)O)C2)s1. The van der Waals surface area contributed by atoms with Gasteiger partial charge in [-0.3, -0.25) is 4.79 Å². The van der Waals surface area contributed by atoms with Gasteiger partial charge in [-0.15, -0.1) is 11.3 Å². The van der Waals surface area contributed by atoms with Gasteiger partial charge in [-0.05, 0) is 26.2 Å². The summed E-state index contributed by atoms with van der Waals surface area (Å²) in [5, 5.41) is 12.8. The van der Waals surface area contributed by atoms with Gasteiger partial charge in [-0.2, -0.15) is 0 Å². The van der Waals surface area contributed by atoms with Crippen LogP contribution in [0.1, 0.15) is 42.6 Å². The zero-order valence-electron chi connectivity index (χ0n) is 12.3. The molecule has 1 aliphatic heterocycles. The number of urea groups is 1. The molecule has 7 heteroatoms. The van der Waals surface area contributed by atoms with Crippen LogP contribution in [0.15, 0.2) is 6.20 Å². The first kappa shape index (κ1) is 15.8. The summed E-state index contributed by atoms with van der Waals surface area (Å²) < 4.78 is 0. The van der Waals surface area contributed by atoms with E-state index in [1.54, 1.807) is 16.2 Å². The van der Waals surface area contributed by atoms with Crippen molar-refractivity contribution in [2.75, 3.05) is 13.1 Å². The van der Waals surface area contributed by atoms with Crippen LogP contribution in [0.3, 0.4) is 0 Å². The standard InChI is InChI=1S/C14H21N3O3S/c1-3-11-7-15-12(21-11)9(2)16-14(20)17-6-4-5-10(8-17)13(18)19/h7,9-10H,3-6,8H2,1-2H3,(H,16,20)(H,18,19). The highest BCUT2D eigenvalue weighted by Gasteiger charge is 2.28. The first-order valence-corrected chi connectivity index (χ1v) is 8.05. The normalized spacial score (nSPS) is 20.1. The second kappa shape index (κ2) is 6.89. The summed E-state index contributed by atoms with van der Waals surface area (Å²) in [6.45, 7) is 4.86. The number of carboxylic acids is 1. The minimum atomic E-state index is -0.826. The maximum Gasteiger partial charge on any atom is 0.317 e. The van der Waals surface area contributed by atoms with Crippen LogP contribution in [0.2, 0.25) is 0 Å². The van der Waals surface area contributed by atoms with Gasteiger partial charge < -0.3 is 15.3 Å². The minimum absolute atomic E-state index is 0.159.